The number of hydrogen-bond donors (Lipinski definition) is 1. The predicted molar refractivity (Wildman–Crippen MR) is 59.1 cm³/mol. The lowest BCUT2D eigenvalue weighted by atomic mass is 10.00. The van der Waals surface area contributed by atoms with Gasteiger partial charge in [0.2, 0.25) is 0 Å². The summed E-state index contributed by atoms with van der Waals surface area (Å²) in [5.74, 6) is 1.01. The minimum atomic E-state index is -2.81. The van der Waals surface area contributed by atoms with Gasteiger partial charge in [-0.3, -0.25) is 0 Å². The molecule has 0 unspecified atom stereocenters. The van der Waals surface area contributed by atoms with Crippen molar-refractivity contribution >= 4 is 9.84 Å². The number of sulfone groups is 1. The number of rotatable bonds is 5. The Morgan fingerprint density at radius 3 is 2.43 bits per heavy atom. The standard InChI is InChI=1S/C10H21NO2S/c1-9(10-5-3-4-6-10)11-7-8-14(2,12)13/h9-11H,3-8H2,1-2H3/t9-/m0/s1. The van der Waals surface area contributed by atoms with Crippen molar-refractivity contribution in [2.24, 2.45) is 5.92 Å². The Balaban J connectivity index is 2.17. The predicted octanol–water partition coefficient (Wildman–Crippen LogP) is 1.20. The molecule has 84 valence electrons. The van der Waals surface area contributed by atoms with Gasteiger partial charge in [-0.25, -0.2) is 8.42 Å². The summed E-state index contributed by atoms with van der Waals surface area (Å²) < 4.78 is 21.8. The van der Waals surface area contributed by atoms with Crippen LogP contribution in [0.2, 0.25) is 0 Å². The van der Waals surface area contributed by atoms with E-state index in [-0.39, 0.29) is 5.75 Å². The molecule has 4 heteroatoms. The third-order valence-corrected chi connectivity index (χ3v) is 3.99. The Hall–Kier alpha value is -0.0900. The van der Waals surface area contributed by atoms with E-state index in [0.29, 0.717) is 12.6 Å². The summed E-state index contributed by atoms with van der Waals surface area (Å²) in [6.45, 7) is 2.76. The quantitative estimate of drug-likeness (QED) is 0.756. The lowest BCUT2D eigenvalue weighted by Gasteiger charge is -2.19. The van der Waals surface area contributed by atoms with Crippen molar-refractivity contribution in [2.75, 3.05) is 18.6 Å². The van der Waals surface area contributed by atoms with Crippen LogP contribution in [0.25, 0.3) is 0 Å². The molecule has 0 radical (unpaired) electrons. The van der Waals surface area contributed by atoms with Crippen molar-refractivity contribution in [3.8, 4) is 0 Å². The maximum atomic E-state index is 10.9. The highest BCUT2D eigenvalue weighted by atomic mass is 32.2. The second-order valence-corrected chi connectivity index (χ2v) is 6.68. The van der Waals surface area contributed by atoms with E-state index in [1.807, 2.05) is 0 Å². The zero-order valence-corrected chi connectivity index (χ0v) is 9.94. The molecular weight excluding hydrogens is 198 g/mol. The van der Waals surface area contributed by atoms with Gasteiger partial charge in [-0.2, -0.15) is 0 Å². The Morgan fingerprint density at radius 2 is 1.93 bits per heavy atom. The SMILES string of the molecule is C[C@H](NCCS(C)(=O)=O)C1CCCC1. The molecule has 0 bridgehead atoms. The average Bonchev–Trinajstić information content (AvgIpc) is 2.53. The summed E-state index contributed by atoms with van der Waals surface area (Å²) in [7, 11) is -2.81. The van der Waals surface area contributed by atoms with Gasteiger partial charge in [0, 0.05) is 18.8 Å². The Kier molecular flexibility index (Phi) is 4.38. The number of hydrogen-bond acceptors (Lipinski definition) is 3. The summed E-state index contributed by atoms with van der Waals surface area (Å²) in [5, 5.41) is 3.30. The zero-order valence-electron chi connectivity index (χ0n) is 9.12. The van der Waals surface area contributed by atoms with Crippen molar-refractivity contribution in [3.63, 3.8) is 0 Å². The summed E-state index contributed by atoms with van der Waals surface area (Å²) in [5.41, 5.74) is 0. The summed E-state index contributed by atoms with van der Waals surface area (Å²) >= 11 is 0. The normalized spacial score (nSPS) is 21.3. The molecule has 0 spiro atoms. The first-order chi connectivity index (χ1) is 6.49. The van der Waals surface area contributed by atoms with Crippen LogP contribution in [0.1, 0.15) is 32.6 Å². The zero-order chi connectivity index (χ0) is 10.6. The monoisotopic (exact) mass is 219 g/mol. The van der Waals surface area contributed by atoms with Crippen molar-refractivity contribution < 1.29 is 8.42 Å². The second-order valence-electron chi connectivity index (χ2n) is 4.42. The molecule has 0 aromatic heterocycles. The first kappa shape index (κ1) is 12.0. The van der Waals surface area contributed by atoms with Crippen LogP contribution in [0.3, 0.4) is 0 Å². The maximum Gasteiger partial charge on any atom is 0.148 e. The molecule has 0 aliphatic heterocycles. The van der Waals surface area contributed by atoms with Gasteiger partial charge in [0.15, 0.2) is 0 Å². The number of nitrogens with one attached hydrogen (secondary N) is 1. The molecule has 0 heterocycles. The van der Waals surface area contributed by atoms with Gasteiger partial charge in [0.1, 0.15) is 9.84 Å². The lowest BCUT2D eigenvalue weighted by Crippen LogP contribution is -2.35. The molecule has 1 N–H and O–H groups in total. The highest BCUT2D eigenvalue weighted by Crippen LogP contribution is 2.27. The van der Waals surface area contributed by atoms with Crippen LogP contribution in [0, 0.1) is 5.92 Å². The van der Waals surface area contributed by atoms with Crippen molar-refractivity contribution in [1.29, 1.82) is 0 Å². The summed E-state index contributed by atoms with van der Waals surface area (Å²) in [6, 6.07) is 0.472. The van der Waals surface area contributed by atoms with Gasteiger partial charge in [-0.15, -0.1) is 0 Å². The van der Waals surface area contributed by atoms with Gasteiger partial charge < -0.3 is 5.32 Å². The first-order valence-corrected chi connectivity index (χ1v) is 7.46. The van der Waals surface area contributed by atoms with Crippen LogP contribution in [-0.4, -0.2) is 33.0 Å². The topological polar surface area (TPSA) is 46.2 Å². The molecule has 0 aromatic carbocycles. The molecule has 1 aliphatic rings. The molecule has 0 aromatic rings. The van der Waals surface area contributed by atoms with Crippen molar-refractivity contribution in [1.82, 2.24) is 5.32 Å². The fraction of sp³-hybridized carbons (Fsp3) is 1.00. The van der Waals surface area contributed by atoms with E-state index in [4.69, 9.17) is 0 Å². The van der Waals surface area contributed by atoms with Crippen molar-refractivity contribution in [3.05, 3.63) is 0 Å². The molecule has 1 aliphatic carbocycles. The van der Waals surface area contributed by atoms with E-state index in [2.05, 4.69) is 12.2 Å². The fourth-order valence-corrected chi connectivity index (χ4v) is 2.58. The van der Waals surface area contributed by atoms with Gasteiger partial charge in [0.05, 0.1) is 5.75 Å². The molecule has 1 saturated carbocycles. The maximum absolute atomic E-state index is 10.9. The third-order valence-electron chi connectivity index (χ3n) is 3.05. The van der Waals surface area contributed by atoms with Crippen LogP contribution < -0.4 is 5.32 Å². The Bertz CT molecular complexity index is 255. The largest absolute Gasteiger partial charge is 0.313 e. The molecule has 0 amide bonds. The summed E-state index contributed by atoms with van der Waals surface area (Å²) in [6.07, 6.45) is 6.56. The molecule has 1 fully saturated rings. The van der Waals surface area contributed by atoms with Crippen LogP contribution >= 0.6 is 0 Å². The van der Waals surface area contributed by atoms with E-state index in [1.54, 1.807) is 0 Å². The highest BCUT2D eigenvalue weighted by molar-refractivity contribution is 7.90. The molecule has 3 nitrogen and oxygen atoms in total. The minimum Gasteiger partial charge on any atom is -0.313 e. The second kappa shape index (κ2) is 5.12. The van der Waals surface area contributed by atoms with Crippen molar-refractivity contribution in [2.45, 2.75) is 38.6 Å². The van der Waals surface area contributed by atoms with Gasteiger partial charge >= 0.3 is 0 Å². The van der Waals surface area contributed by atoms with Crippen LogP contribution in [0.4, 0.5) is 0 Å². The van der Waals surface area contributed by atoms with E-state index >= 15 is 0 Å². The molecule has 14 heavy (non-hydrogen) atoms. The molecular formula is C10H21NO2S. The fourth-order valence-electron chi connectivity index (χ4n) is 2.10. The minimum absolute atomic E-state index is 0.254. The van der Waals surface area contributed by atoms with Gasteiger partial charge in [-0.05, 0) is 25.7 Å². The van der Waals surface area contributed by atoms with Gasteiger partial charge in [-0.1, -0.05) is 12.8 Å². The molecule has 1 rings (SSSR count). The average molecular weight is 219 g/mol. The highest BCUT2D eigenvalue weighted by Gasteiger charge is 2.20. The van der Waals surface area contributed by atoms with Gasteiger partial charge in [0.25, 0.3) is 0 Å². The van der Waals surface area contributed by atoms with E-state index in [0.717, 1.165) is 5.92 Å². The van der Waals surface area contributed by atoms with E-state index < -0.39 is 9.84 Å². The first-order valence-electron chi connectivity index (χ1n) is 5.40. The lowest BCUT2D eigenvalue weighted by molar-refractivity contribution is 0.389. The Labute approximate surface area is 87.2 Å². The van der Waals surface area contributed by atoms with E-state index in [1.165, 1.54) is 31.9 Å². The Morgan fingerprint density at radius 1 is 1.36 bits per heavy atom. The third kappa shape index (κ3) is 4.42. The smallest absolute Gasteiger partial charge is 0.148 e. The molecule has 0 saturated heterocycles. The van der Waals surface area contributed by atoms with E-state index in [9.17, 15) is 8.42 Å². The van der Waals surface area contributed by atoms with Crippen LogP contribution in [0.5, 0.6) is 0 Å². The molecule has 1 atom stereocenters. The van der Waals surface area contributed by atoms with Crippen LogP contribution in [-0.2, 0) is 9.84 Å². The van der Waals surface area contributed by atoms with Crippen LogP contribution in [0.15, 0.2) is 0 Å². The summed E-state index contributed by atoms with van der Waals surface area (Å²) in [4.78, 5) is 0.